The topological polar surface area (TPSA) is 126 Å². The third-order valence-corrected chi connectivity index (χ3v) is 4.86. The molecule has 0 spiro atoms. The quantitative estimate of drug-likeness (QED) is 0.587. The summed E-state index contributed by atoms with van der Waals surface area (Å²) in [6, 6.07) is 7.42. The van der Waals surface area contributed by atoms with Crippen molar-refractivity contribution in [1.29, 1.82) is 0 Å². The maximum absolute atomic E-state index is 13.0. The van der Waals surface area contributed by atoms with Crippen LogP contribution >= 0.6 is 0 Å². The van der Waals surface area contributed by atoms with Crippen LogP contribution in [0.1, 0.15) is 85.0 Å². The Bertz CT molecular complexity index is 1050. The van der Waals surface area contributed by atoms with Gasteiger partial charge in [-0.25, -0.2) is 0 Å². The Morgan fingerprint density at radius 2 is 0.933 bits per heavy atom. The lowest BCUT2D eigenvalue weighted by Crippen LogP contribution is -2.31. The van der Waals surface area contributed by atoms with Crippen LogP contribution in [0.5, 0.6) is 0 Å². The molecule has 0 bridgehead atoms. The monoisotopic (exact) mass is 408 g/mol. The minimum absolute atomic E-state index is 0.0148. The predicted octanol–water partition coefficient (Wildman–Crippen LogP) is 2.20. The minimum Gasteiger partial charge on any atom is -0.382 e. The molecule has 0 fully saturated rings. The van der Waals surface area contributed by atoms with Gasteiger partial charge in [0.2, 0.25) is 11.6 Å². The molecule has 0 amide bonds. The molecular weight excluding hydrogens is 388 g/mol. The average molecular weight is 408 g/mol. The summed E-state index contributed by atoms with van der Waals surface area (Å²) in [5.74, 6) is -3.95. The van der Waals surface area contributed by atoms with E-state index >= 15 is 0 Å². The fourth-order valence-electron chi connectivity index (χ4n) is 3.24. The first-order chi connectivity index (χ1) is 13.7. The molecule has 2 aromatic carbocycles. The van der Waals surface area contributed by atoms with E-state index in [-0.39, 0.29) is 33.4 Å². The van der Waals surface area contributed by atoms with Crippen molar-refractivity contribution in [3.63, 3.8) is 0 Å². The Kier molecular flexibility index (Phi) is 4.92. The van der Waals surface area contributed by atoms with Crippen LogP contribution in [0, 0.1) is 0 Å². The molecular formula is C23H20O7. The van der Waals surface area contributed by atoms with Gasteiger partial charge in [-0.05, 0) is 52.0 Å². The molecule has 0 heterocycles. The van der Waals surface area contributed by atoms with Crippen molar-refractivity contribution in [3.05, 3.63) is 69.8 Å². The number of rotatable bonds is 4. The van der Waals surface area contributed by atoms with Crippen LogP contribution in [-0.4, -0.2) is 50.3 Å². The van der Waals surface area contributed by atoms with Gasteiger partial charge in [-0.1, -0.05) is 12.1 Å². The standard InChI is InChI=1S/C23H20O7/c1-22(2,29)20(27)11-5-7-13-15(9-11)18(25)19(26)16-10-12(21(28)23(3,4)30)6-8-14(16)17(13)24/h5-10,29-30H,1-4H3. The summed E-state index contributed by atoms with van der Waals surface area (Å²) in [4.78, 5) is 63.4. The lowest BCUT2D eigenvalue weighted by Gasteiger charge is -2.16. The van der Waals surface area contributed by atoms with Crippen molar-refractivity contribution in [3.8, 4) is 0 Å². The molecule has 2 aromatic rings. The molecule has 1 aliphatic carbocycles. The van der Waals surface area contributed by atoms with Crippen LogP contribution in [0.3, 0.4) is 0 Å². The summed E-state index contributed by atoms with van der Waals surface area (Å²) in [6.07, 6.45) is 0. The Morgan fingerprint density at radius 3 is 1.23 bits per heavy atom. The molecule has 0 aromatic heterocycles. The van der Waals surface area contributed by atoms with Gasteiger partial charge < -0.3 is 10.2 Å². The molecule has 0 saturated heterocycles. The summed E-state index contributed by atoms with van der Waals surface area (Å²) in [6.45, 7) is 5.15. The number of benzene rings is 2. The van der Waals surface area contributed by atoms with Crippen LogP contribution in [0.25, 0.3) is 0 Å². The van der Waals surface area contributed by atoms with Gasteiger partial charge in [0.05, 0.1) is 0 Å². The highest BCUT2D eigenvalue weighted by molar-refractivity contribution is 6.53. The second kappa shape index (κ2) is 6.90. The first kappa shape index (κ1) is 21.4. The fraction of sp³-hybridized carbons (Fsp3) is 0.261. The van der Waals surface area contributed by atoms with Gasteiger partial charge in [-0.2, -0.15) is 0 Å². The number of aliphatic hydroxyl groups is 2. The Morgan fingerprint density at radius 1 is 0.600 bits per heavy atom. The van der Waals surface area contributed by atoms with E-state index in [4.69, 9.17) is 0 Å². The maximum atomic E-state index is 13.0. The molecule has 0 atom stereocenters. The number of hydrogen-bond donors (Lipinski definition) is 2. The molecule has 0 aliphatic heterocycles. The third-order valence-electron chi connectivity index (χ3n) is 4.86. The Hall–Kier alpha value is -3.29. The highest BCUT2D eigenvalue weighted by Crippen LogP contribution is 2.28. The van der Waals surface area contributed by atoms with E-state index in [1.54, 1.807) is 0 Å². The van der Waals surface area contributed by atoms with Crippen LogP contribution in [0.15, 0.2) is 36.4 Å². The van der Waals surface area contributed by atoms with Crippen molar-refractivity contribution in [2.45, 2.75) is 38.9 Å². The lowest BCUT2D eigenvalue weighted by molar-refractivity contribution is 0.0487. The molecule has 0 saturated carbocycles. The zero-order chi connectivity index (χ0) is 22.6. The largest absolute Gasteiger partial charge is 0.382 e. The molecule has 0 unspecified atom stereocenters. The maximum Gasteiger partial charge on any atom is 0.234 e. The first-order valence-corrected chi connectivity index (χ1v) is 9.19. The van der Waals surface area contributed by atoms with Crippen molar-refractivity contribution in [2.75, 3.05) is 0 Å². The molecule has 7 nitrogen and oxygen atoms in total. The van der Waals surface area contributed by atoms with Crippen LogP contribution in [0.2, 0.25) is 0 Å². The predicted molar refractivity (Wildman–Crippen MR) is 106 cm³/mol. The van der Waals surface area contributed by atoms with E-state index < -0.39 is 40.1 Å². The zero-order valence-corrected chi connectivity index (χ0v) is 16.9. The number of carbonyl (C=O) groups excluding carboxylic acids is 5. The average Bonchev–Trinajstić information content (AvgIpc) is 2.75. The molecule has 2 N–H and O–H groups in total. The summed E-state index contributed by atoms with van der Waals surface area (Å²) < 4.78 is 0. The van der Waals surface area contributed by atoms with E-state index in [0.29, 0.717) is 0 Å². The zero-order valence-electron chi connectivity index (χ0n) is 16.9. The van der Waals surface area contributed by atoms with Gasteiger partial charge >= 0.3 is 0 Å². The lowest BCUT2D eigenvalue weighted by atomic mass is 9.91. The van der Waals surface area contributed by atoms with Gasteiger partial charge in [0.1, 0.15) is 11.2 Å². The van der Waals surface area contributed by atoms with Crippen molar-refractivity contribution >= 4 is 28.9 Å². The van der Waals surface area contributed by atoms with Crippen molar-refractivity contribution in [1.82, 2.24) is 0 Å². The van der Waals surface area contributed by atoms with Crippen molar-refractivity contribution < 1.29 is 34.2 Å². The Labute approximate surface area is 172 Å². The highest BCUT2D eigenvalue weighted by atomic mass is 16.3. The number of Topliss-reactive ketones (excluding diaryl/α,β-unsaturated/α-hetero) is 4. The van der Waals surface area contributed by atoms with Crippen LogP contribution < -0.4 is 0 Å². The van der Waals surface area contributed by atoms with E-state index in [2.05, 4.69) is 0 Å². The van der Waals surface area contributed by atoms with Gasteiger partial charge in [0.25, 0.3) is 0 Å². The summed E-state index contributed by atoms with van der Waals surface area (Å²) in [7, 11) is 0. The summed E-state index contributed by atoms with van der Waals surface area (Å²) in [5.41, 5.74) is -4.03. The number of fused-ring (bicyclic) bond motifs is 2. The van der Waals surface area contributed by atoms with Gasteiger partial charge in [0.15, 0.2) is 17.3 Å². The first-order valence-electron chi connectivity index (χ1n) is 9.19. The van der Waals surface area contributed by atoms with E-state index in [9.17, 15) is 34.2 Å². The van der Waals surface area contributed by atoms with Gasteiger partial charge in [-0.15, -0.1) is 0 Å². The van der Waals surface area contributed by atoms with Gasteiger partial charge in [0, 0.05) is 33.4 Å². The van der Waals surface area contributed by atoms with Gasteiger partial charge in [-0.3, -0.25) is 24.0 Å². The second-order valence-electron chi connectivity index (χ2n) is 8.28. The number of carbonyl (C=O) groups is 5. The molecule has 3 rings (SSSR count). The molecule has 30 heavy (non-hydrogen) atoms. The van der Waals surface area contributed by atoms with Crippen molar-refractivity contribution in [2.24, 2.45) is 0 Å². The van der Waals surface area contributed by atoms with Crippen LogP contribution in [-0.2, 0) is 0 Å². The number of ketones is 5. The number of hydrogen-bond acceptors (Lipinski definition) is 7. The molecule has 7 heteroatoms. The SMILES string of the molecule is CC(C)(O)C(=O)c1ccc2c(c1)C(=O)C(=O)c1cc(C(=O)C(C)(C)O)ccc1C2=O. The van der Waals surface area contributed by atoms with E-state index in [1.165, 1.54) is 52.0 Å². The molecule has 154 valence electrons. The third kappa shape index (κ3) is 3.53. The molecule has 0 radical (unpaired) electrons. The molecule has 1 aliphatic rings. The minimum atomic E-state index is -1.70. The second-order valence-corrected chi connectivity index (χ2v) is 8.28. The normalized spacial score (nSPS) is 14.1. The van der Waals surface area contributed by atoms with E-state index in [0.717, 1.165) is 12.1 Å². The smallest absolute Gasteiger partial charge is 0.234 e. The van der Waals surface area contributed by atoms with Crippen LogP contribution in [0.4, 0.5) is 0 Å². The summed E-state index contributed by atoms with van der Waals surface area (Å²) >= 11 is 0. The fourth-order valence-corrected chi connectivity index (χ4v) is 3.24. The highest BCUT2D eigenvalue weighted by Gasteiger charge is 2.35. The summed E-state index contributed by atoms with van der Waals surface area (Å²) in [5, 5.41) is 19.9. The Balaban J connectivity index is 2.17. The van der Waals surface area contributed by atoms with E-state index in [1.807, 2.05) is 0 Å².